The molecule has 2 fully saturated rings. The molecule has 1 unspecified atom stereocenters. The third-order valence-corrected chi connectivity index (χ3v) is 7.68. The lowest BCUT2D eigenvalue weighted by atomic mass is 9.83. The van der Waals surface area contributed by atoms with Crippen LogP contribution in [0.15, 0.2) is 115 Å². The van der Waals surface area contributed by atoms with Crippen molar-refractivity contribution in [1.29, 1.82) is 0 Å². The maximum Gasteiger partial charge on any atom is 0.339 e. The second kappa shape index (κ2) is 10.7. The van der Waals surface area contributed by atoms with Crippen molar-refractivity contribution in [2.75, 3.05) is 19.8 Å². The number of benzene rings is 4. The van der Waals surface area contributed by atoms with Gasteiger partial charge in [-0.05, 0) is 41.0 Å². The van der Waals surface area contributed by atoms with Crippen LogP contribution in [0.5, 0.6) is 0 Å². The van der Waals surface area contributed by atoms with Gasteiger partial charge >= 0.3 is 5.97 Å². The molecule has 198 valence electrons. The lowest BCUT2D eigenvalue weighted by molar-refractivity contribution is -0.231. The minimum absolute atomic E-state index is 0.134. The largest absolute Gasteiger partial charge is 0.448 e. The molecular formula is C33H30FNO4. The van der Waals surface area contributed by atoms with E-state index in [0.29, 0.717) is 31.7 Å². The number of nitrogens with zero attached hydrogens (tertiary/aromatic N) is 1. The minimum Gasteiger partial charge on any atom is -0.448 e. The third kappa shape index (κ3) is 5.11. The van der Waals surface area contributed by atoms with E-state index in [9.17, 15) is 9.18 Å². The molecule has 4 aromatic carbocycles. The smallest absolute Gasteiger partial charge is 0.339 e. The lowest BCUT2D eigenvalue weighted by Crippen LogP contribution is -2.59. The highest BCUT2D eigenvalue weighted by Gasteiger charge is 2.57. The van der Waals surface area contributed by atoms with Gasteiger partial charge in [0.2, 0.25) is 0 Å². The summed E-state index contributed by atoms with van der Waals surface area (Å²) in [6, 6.07) is 35.4. The molecule has 1 spiro atoms. The fourth-order valence-electron chi connectivity index (χ4n) is 5.75. The van der Waals surface area contributed by atoms with Gasteiger partial charge in [0.15, 0.2) is 5.60 Å². The van der Waals surface area contributed by atoms with E-state index in [2.05, 4.69) is 17.0 Å². The topological polar surface area (TPSA) is 48.0 Å². The molecule has 3 atom stereocenters. The number of halogens is 1. The summed E-state index contributed by atoms with van der Waals surface area (Å²) in [6.45, 7) is 1.51. The van der Waals surface area contributed by atoms with Gasteiger partial charge in [0, 0.05) is 13.0 Å². The number of esters is 1. The van der Waals surface area contributed by atoms with E-state index < -0.39 is 17.3 Å². The summed E-state index contributed by atoms with van der Waals surface area (Å²) >= 11 is 0. The molecule has 0 bridgehead atoms. The molecule has 0 aromatic heterocycles. The summed E-state index contributed by atoms with van der Waals surface area (Å²) in [5.74, 6) is -0.693. The first-order valence-electron chi connectivity index (χ1n) is 13.2. The van der Waals surface area contributed by atoms with Crippen LogP contribution in [0.25, 0.3) is 0 Å². The fraction of sp³-hybridized carbons (Fsp3) is 0.242. The van der Waals surface area contributed by atoms with Crippen LogP contribution in [0, 0.1) is 5.82 Å². The molecular weight excluding hydrogens is 493 g/mol. The molecule has 6 rings (SSSR count). The van der Waals surface area contributed by atoms with Crippen molar-refractivity contribution in [1.82, 2.24) is 4.90 Å². The van der Waals surface area contributed by atoms with E-state index in [1.807, 2.05) is 78.9 Å². The van der Waals surface area contributed by atoms with Crippen molar-refractivity contribution < 1.29 is 23.4 Å². The van der Waals surface area contributed by atoms with E-state index in [1.54, 1.807) is 12.1 Å². The Kier molecular flexibility index (Phi) is 7.00. The van der Waals surface area contributed by atoms with E-state index in [1.165, 1.54) is 12.1 Å². The summed E-state index contributed by atoms with van der Waals surface area (Å²) in [4.78, 5) is 15.7. The van der Waals surface area contributed by atoms with Crippen LogP contribution in [0.2, 0.25) is 0 Å². The number of hydrogen-bond acceptors (Lipinski definition) is 5. The standard InChI is InChI=1S/C33H30FNO4/c34-29-18-16-26(17-19-29)30-21-38-33(35(30)20-25-10-4-1-5-11-25)22-32(23-37-24-33,28-14-8-3-9-15-28)39-31(36)27-12-6-2-7-13-27/h1-19,30H,20-24H2/t30-,32+,33?/m1/s1. The van der Waals surface area contributed by atoms with Crippen molar-refractivity contribution in [2.24, 2.45) is 0 Å². The second-order valence-corrected chi connectivity index (χ2v) is 10.2. The molecule has 0 amide bonds. The van der Waals surface area contributed by atoms with E-state index in [0.717, 1.165) is 16.7 Å². The Morgan fingerprint density at radius 2 is 1.49 bits per heavy atom. The molecule has 4 aromatic rings. The van der Waals surface area contributed by atoms with Gasteiger partial charge in [0.25, 0.3) is 0 Å². The summed E-state index contributed by atoms with van der Waals surface area (Å²) in [7, 11) is 0. The summed E-state index contributed by atoms with van der Waals surface area (Å²) < 4.78 is 33.1. The molecule has 0 radical (unpaired) electrons. The number of hydrogen-bond donors (Lipinski definition) is 0. The monoisotopic (exact) mass is 523 g/mol. The Hall–Kier alpha value is -3.84. The first kappa shape index (κ1) is 25.4. The molecule has 0 N–H and O–H groups in total. The van der Waals surface area contributed by atoms with Gasteiger partial charge in [-0.1, -0.05) is 91.0 Å². The average Bonchev–Trinajstić information content (AvgIpc) is 3.31. The van der Waals surface area contributed by atoms with Gasteiger partial charge < -0.3 is 14.2 Å². The second-order valence-electron chi connectivity index (χ2n) is 10.2. The Balaban J connectivity index is 1.40. The highest BCUT2D eigenvalue weighted by Crippen LogP contribution is 2.49. The Bertz CT molecular complexity index is 1400. The Morgan fingerprint density at radius 1 is 0.846 bits per heavy atom. The van der Waals surface area contributed by atoms with Crippen LogP contribution in [-0.2, 0) is 26.4 Å². The number of carbonyl (C=O) groups excluding carboxylic acids is 1. The molecule has 6 heteroatoms. The maximum absolute atomic E-state index is 13.8. The summed E-state index contributed by atoms with van der Waals surface area (Å²) in [5, 5.41) is 0. The highest BCUT2D eigenvalue weighted by atomic mass is 19.1. The van der Waals surface area contributed by atoms with Gasteiger partial charge in [-0.3, -0.25) is 4.90 Å². The number of rotatable bonds is 6. The quantitative estimate of drug-likeness (QED) is 0.279. The van der Waals surface area contributed by atoms with Crippen molar-refractivity contribution in [3.05, 3.63) is 143 Å². The van der Waals surface area contributed by atoms with Gasteiger partial charge in [-0.15, -0.1) is 0 Å². The molecule has 0 aliphatic carbocycles. The van der Waals surface area contributed by atoms with E-state index >= 15 is 0 Å². The van der Waals surface area contributed by atoms with Crippen LogP contribution in [0.3, 0.4) is 0 Å². The molecule has 2 heterocycles. The minimum atomic E-state index is -1.07. The fourth-order valence-corrected chi connectivity index (χ4v) is 5.75. The zero-order valence-electron chi connectivity index (χ0n) is 21.5. The number of carbonyl (C=O) groups is 1. The lowest BCUT2D eigenvalue weighted by Gasteiger charge is -2.49. The predicted molar refractivity (Wildman–Crippen MR) is 145 cm³/mol. The van der Waals surface area contributed by atoms with Crippen molar-refractivity contribution in [3.63, 3.8) is 0 Å². The van der Waals surface area contributed by atoms with E-state index in [4.69, 9.17) is 14.2 Å². The third-order valence-electron chi connectivity index (χ3n) is 7.68. The molecule has 5 nitrogen and oxygen atoms in total. The zero-order valence-corrected chi connectivity index (χ0v) is 21.5. The Labute approximate surface area is 227 Å². The van der Waals surface area contributed by atoms with Crippen LogP contribution >= 0.6 is 0 Å². The zero-order chi connectivity index (χ0) is 26.7. The van der Waals surface area contributed by atoms with E-state index in [-0.39, 0.29) is 18.5 Å². The van der Waals surface area contributed by atoms with Gasteiger partial charge in [-0.2, -0.15) is 0 Å². The maximum atomic E-state index is 13.8. The highest BCUT2D eigenvalue weighted by molar-refractivity contribution is 5.89. The first-order chi connectivity index (χ1) is 19.1. The molecule has 0 saturated carbocycles. The van der Waals surface area contributed by atoms with Crippen LogP contribution in [0.1, 0.15) is 39.5 Å². The van der Waals surface area contributed by atoms with Crippen LogP contribution in [-0.4, -0.2) is 36.4 Å². The van der Waals surface area contributed by atoms with Gasteiger partial charge in [-0.25, -0.2) is 9.18 Å². The van der Waals surface area contributed by atoms with Crippen LogP contribution < -0.4 is 0 Å². The van der Waals surface area contributed by atoms with Crippen molar-refractivity contribution in [3.8, 4) is 0 Å². The normalized spacial score (nSPS) is 25.0. The van der Waals surface area contributed by atoms with Crippen molar-refractivity contribution >= 4 is 5.97 Å². The van der Waals surface area contributed by atoms with Crippen LogP contribution in [0.4, 0.5) is 4.39 Å². The molecule has 2 aliphatic heterocycles. The van der Waals surface area contributed by atoms with Crippen molar-refractivity contribution in [2.45, 2.75) is 30.3 Å². The number of ether oxygens (including phenoxy) is 3. The molecule has 39 heavy (non-hydrogen) atoms. The average molecular weight is 524 g/mol. The first-order valence-corrected chi connectivity index (χ1v) is 13.2. The van der Waals surface area contributed by atoms with Gasteiger partial charge in [0.05, 0.1) is 31.4 Å². The Morgan fingerprint density at radius 3 is 2.18 bits per heavy atom. The predicted octanol–water partition coefficient (Wildman–Crippen LogP) is 6.27. The summed E-state index contributed by atoms with van der Waals surface area (Å²) in [5.41, 5.74) is 1.46. The summed E-state index contributed by atoms with van der Waals surface area (Å²) in [6.07, 6.45) is 0.382. The molecule has 2 saturated heterocycles. The molecule has 2 aliphatic rings. The SMILES string of the molecule is O=C(O[C@]1(c2ccccc2)COCC2(C1)OC[C@H](c1ccc(F)cc1)N2Cc1ccccc1)c1ccccc1. The van der Waals surface area contributed by atoms with Gasteiger partial charge in [0.1, 0.15) is 11.5 Å².